The summed E-state index contributed by atoms with van der Waals surface area (Å²) in [4.78, 5) is 0. The van der Waals surface area contributed by atoms with Gasteiger partial charge in [0.05, 0.1) is 12.2 Å². The summed E-state index contributed by atoms with van der Waals surface area (Å²) in [5, 5.41) is 0. The van der Waals surface area contributed by atoms with E-state index in [2.05, 4.69) is 20.8 Å². The van der Waals surface area contributed by atoms with Gasteiger partial charge < -0.3 is 10.5 Å². The van der Waals surface area contributed by atoms with E-state index >= 15 is 0 Å². The van der Waals surface area contributed by atoms with Gasteiger partial charge in [-0.3, -0.25) is 0 Å². The van der Waals surface area contributed by atoms with Gasteiger partial charge in [0.25, 0.3) is 0 Å². The Kier molecular flexibility index (Phi) is 4.65. The van der Waals surface area contributed by atoms with E-state index in [1.165, 1.54) is 0 Å². The molecule has 0 radical (unpaired) electrons. The maximum Gasteiger partial charge on any atom is 0.0672 e. The van der Waals surface area contributed by atoms with Crippen LogP contribution in [0, 0.1) is 5.92 Å². The first-order valence-electron chi connectivity index (χ1n) is 3.93. The zero-order valence-corrected chi connectivity index (χ0v) is 7.42. The summed E-state index contributed by atoms with van der Waals surface area (Å²) in [6.45, 7) is 8.98. The third kappa shape index (κ3) is 3.85. The molecule has 0 rings (SSSR count). The molecule has 0 bridgehead atoms. The summed E-state index contributed by atoms with van der Waals surface area (Å²) < 4.78 is 5.54. The Morgan fingerprint density at radius 3 is 2.00 bits per heavy atom. The van der Waals surface area contributed by atoms with Crippen LogP contribution < -0.4 is 5.73 Å². The van der Waals surface area contributed by atoms with Gasteiger partial charge in [-0.2, -0.15) is 0 Å². The minimum absolute atomic E-state index is 0.192. The third-order valence-corrected chi connectivity index (χ3v) is 1.72. The van der Waals surface area contributed by atoms with E-state index in [0.29, 0.717) is 18.6 Å². The second kappa shape index (κ2) is 4.69. The molecule has 2 atom stereocenters. The van der Waals surface area contributed by atoms with Crippen LogP contribution in [0.25, 0.3) is 0 Å². The molecular weight excluding hydrogens is 126 g/mol. The molecule has 0 saturated heterocycles. The first kappa shape index (κ1) is 9.92. The Bertz CT molecular complexity index is 83.3. The van der Waals surface area contributed by atoms with Crippen LogP contribution in [0.2, 0.25) is 0 Å². The van der Waals surface area contributed by atoms with Crippen LogP contribution >= 0.6 is 0 Å². The number of hydrogen-bond donors (Lipinski definition) is 1. The fourth-order valence-electron chi connectivity index (χ4n) is 0.579. The van der Waals surface area contributed by atoms with Gasteiger partial charge in [0.2, 0.25) is 0 Å². The summed E-state index contributed by atoms with van der Waals surface area (Å²) >= 11 is 0. The first-order valence-corrected chi connectivity index (χ1v) is 3.93. The maximum atomic E-state index is 5.54. The molecule has 0 saturated carbocycles. The van der Waals surface area contributed by atoms with Gasteiger partial charge in [0.15, 0.2) is 0 Å². The van der Waals surface area contributed by atoms with Gasteiger partial charge in [0, 0.05) is 6.54 Å². The minimum atomic E-state index is 0.192. The zero-order chi connectivity index (χ0) is 8.15. The summed E-state index contributed by atoms with van der Waals surface area (Å²) in [5.74, 6) is 0.578. The van der Waals surface area contributed by atoms with E-state index in [1.807, 2.05) is 6.92 Å². The van der Waals surface area contributed by atoms with E-state index in [1.54, 1.807) is 0 Å². The van der Waals surface area contributed by atoms with Crippen molar-refractivity contribution >= 4 is 0 Å². The molecule has 0 aliphatic rings. The lowest BCUT2D eigenvalue weighted by Gasteiger charge is -2.20. The van der Waals surface area contributed by atoms with Gasteiger partial charge in [-0.1, -0.05) is 13.8 Å². The van der Waals surface area contributed by atoms with Crippen molar-refractivity contribution in [1.29, 1.82) is 0 Å². The Balaban J connectivity index is 3.46. The smallest absolute Gasteiger partial charge is 0.0672 e. The molecule has 0 heterocycles. The SMILES string of the molecule is CC(CN)OC(C)C(C)C. The van der Waals surface area contributed by atoms with E-state index < -0.39 is 0 Å². The third-order valence-electron chi connectivity index (χ3n) is 1.72. The Morgan fingerprint density at radius 2 is 1.70 bits per heavy atom. The molecule has 0 aliphatic heterocycles. The van der Waals surface area contributed by atoms with Crippen molar-refractivity contribution in [3.8, 4) is 0 Å². The first-order chi connectivity index (χ1) is 4.57. The van der Waals surface area contributed by atoms with Crippen LogP contribution in [-0.2, 0) is 4.74 Å². The summed E-state index contributed by atoms with van der Waals surface area (Å²) in [6.07, 6.45) is 0.510. The van der Waals surface area contributed by atoms with Crippen LogP contribution in [0.1, 0.15) is 27.7 Å². The van der Waals surface area contributed by atoms with E-state index in [-0.39, 0.29) is 6.10 Å². The monoisotopic (exact) mass is 145 g/mol. The highest BCUT2D eigenvalue weighted by Crippen LogP contribution is 2.07. The highest BCUT2D eigenvalue weighted by atomic mass is 16.5. The predicted octanol–water partition coefficient (Wildman–Crippen LogP) is 1.39. The molecule has 2 N–H and O–H groups in total. The van der Waals surface area contributed by atoms with Crippen molar-refractivity contribution in [3.63, 3.8) is 0 Å². The Morgan fingerprint density at radius 1 is 1.20 bits per heavy atom. The molecule has 0 amide bonds. The molecule has 2 nitrogen and oxygen atoms in total. The molecule has 0 spiro atoms. The van der Waals surface area contributed by atoms with E-state index in [9.17, 15) is 0 Å². The van der Waals surface area contributed by atoms with Crippen LogP contribution in [0.15, 0.2) is 0 Å². The van der Waals surface area contributed by atoms with Crippen molar-refractivity contribution in [2.45, 2.75) is 39.9 Å². The highest BCUT2D eigenvalue weighted by Gasteiger charge is 2.09. The largest absolute Gasteiger partial charge is 0.374 e. The highest BCUT2D eigenvalue weighted by molar-refractivity contribution is 4.58. The molecule has 0 aromatic rings. The molecular formula is C8H19NO. The van der Waals surface area contributed by atoms with Gasteiger partial charge in [-0.05, 0) is 19.8 Å². The van der Waals surface area contributed by atoms with Gasteiger partial charge in [-0.15, -0.1) is 0 Å². The molecule has 0 aromatic heterocycles. The maximum absolute atomic E-state index is 5.54. The lowest BCUT2D eigenvalue weighted by molar-refractivity contribution is -0.0110. The minimum Gasteiger partial charge on any atom is -0.374 e. The topological polar surface area (TPSA) is 35.2 Å². The average Bonchev–Trinajstić information content (AvgIpc) is 1.87. The summed E-state index contributed by atoms with van der Waals surface area (Å²) in [6, 6.07) is 0. The van der Waals surface area contributed by atoms with Crippen molar-refractivity contribution in [2.24, 2.45) is 11.7 Å². The molecule has 62 valence electrons. The molecule has 2 heteroatoms. The van der Waals surface area contributed by atoms with Crippen molar-refractivity contribution in [2.75, 3.05) is 6.54 Å². The lowest BCUT2D eigenvalue weighted by Crippen LogP contribution is -2.27. The second-order valence-electron chi connectivity index (χ2n) is 3.13. The number of hydrogen-bond acceptors (Lipinski definition) is 2. The van der Waals surface area contributed by atoms with E-state index in [4.69, 9.17) is 10.5 Å². The van der Waals surface area contributed by atoms with Crippen LogP contribution in [0.3, 0.4) is 0 Å². The lowest BCUT2D eigenvalue weighted by atomic mass is 10.1. The van der Waals surface area contributed by atoms with Crippen molar-refractivity contribution < 1.29 is 4.74 Å². The van der Waals surface area contributed by atoms with Crippen molar-refractivity contribution in [3.05, 3.63) is 0 Å². The van der Waals surface area contributed by atoms with Gasteiger partial charge in [0.1, 0.15) is 0 Å². The fourth-order valence-corrected chi connectivity index (χ4v) is 0.579. The van der Waals surface area contributed by atoms with Crippen molar-refractivity contribution in [1.82, 2.24) is 0 Å². The number of rotatable bonds is 4. The fraction of sp³-hybridized carbons (Fsp3) is 1.00. The average molecular weight is 145 g/mol. The summed E-state index contributed by atoms with van der Waals surface area (Å²) in [7, 11) is 0. The normalized spacial score (nSPS) is 17.4. The quantitative estimate of drug-likeness (QED) is 0.649. The van der Waals surface area contributed by atoms with Crippen LogP contribution in [0.4, 0.5) is 0 Å². The van der Waals surface area contributed by atoms with Crippen LogP contribution in [-0.4, -0.2) is 18.8 Å². The molecule has 0 fully saturated rings. The Labute approximate surface area is 63.7 Å². The molecule has 0 aliphatic carbocycles. The molecule has 2 unspecified atom stereocenters. The predicted molar refractivity (Wildman–Crippen MR) is 43.9 cm³/mol. The van der Waals surface area contributed by atoms with Crippen LogP contribution in [0.5, 0.6) is 0 Å². The summed E-state index contributed by atoms with van der Waals surface area (Å²) in [5.41, 5.74) is 5.40. The standard InChI is InChI=1S/C8H19NO/c1-6(2)8(4)10-7(3)5-9/h6-8H,5,9H2,1-4H3. The second-order valence-corrected chi connectivity index (χ2v) is 3.13. The Hall–Kier alpha value is -0.0800. The number of nitrogens with two attached hydrogens (primary N) is 1. The van der Waals surface area contributed by atoms with Gasteiger partial charge >= 0.3 is 0 Å². The number of ether oxygens (including phenoxy) is 1. The zero-order valence-electron chi connectivity index (χ0n) is 7.42. The van der Waals surface area contributed by atoms with Gasteiger partial charge in [-0.25, -0.2) is 0 Å². The molecule has 10 heavy (non-hydrogen) atoms. The van der Waals surface area contributed by atoms with E-state index in [0.717, 1.165) is 0 Å². The molecule has 0 aromatic carbocycles.